The van der Waals surface area contributed by atoms with Crippen molar-refractivity contribution in [2.75, 3.05) is 0 Å². The highest BCUT2D eigenvalue weighted by Gasteiger charge is 2.07. The maximum absolute atomic E-state index is 12.3. The Bertz CT molecular complexity index is 1400. The highest BCUT2D eigenvalue weighted by Crippen LogP contribution is 2.23. The second kappa shape index (κ2) is 8.33. The van der Waals surface area contributed by atoms with Crippen LogP contribution in [0.15, 0.2) is 87.7 Å². The van der Waals surface area contributed by atoms with E-state index in [0.29, 0.717) is 4.90 Å². The van der Waals surface area contributed by atoms with E-state index in [1.807, 2.05) is 79.3 Å². The lowest BCUT2D eigenvalue weighted by molar-refractivity contribution is 0.684. The molecule has 0 radical (unpaired) electrons. The van der Waals surface area contributed by atoms with Crippen molar-refractivity contribution in [2.45, 2.75) is 11.8 Å². The molecule has 5 rings (SSSR count). The van der Waals surface area contributed by atoms with E-state index in [4.69, 9.17) is 0 Å². The zero-order valence-corrected chi connectivity index (χ0v) is 18.2. The van der Waals surface area contributed by atoms with Crippen LogP contribution in [0.25, 0.3) is 27.2 Å². The van der Waals surface area contributed by atoms with Crippen LogP contribution in [0, 0.1) is 6.92 Å². The number of thiazole rings is 1. The molecule has 31 heavy (non-hydrogen) atoms. The van der Waals surface area contributed by atoms with Crippen molar-refractivity contribution in [3.8, 4) is 16.9 Å². The van der Waals surface area contributed by atoms with Crippen LogP contribution in [-0.4, -0.2) is 30.4 Å². The van der Waals surface area contributed by atoms with Crippen LogP contribution in [0.1, 0.15) is 11.1 Å². The molecule has 0 fully saturated rings. The summed E-state index contributed by atoms with van der Waals surface area (Å²) in [4.78, 5) is 4.99. The molecule has 0 bridgehead atoms. The number of rotatable bonds is 5. The van der Waals surface area contributed by atoms with Crippen molar-refractivity contribution in [1.29, 1.82) is 0 Å². The quantitative estimate of drug-likeness (QED) is 0.359. The van der Waals surface area contributed by atoms with Gasteiger partial charge in [0.15, 0.2) is 11.0 Å². The highest BCUT2D eigenvalue weighted by atomic mass is 32.2. The molecule has 2 aromatic heterocycles. The predicted molar refractivity (Wildman–Crippen MR) is 125 cm³/mol. The van der Waals surface area contributed by atoms with Gasteiger partial charge < -0.3 is 0 Å². The van der Waals surface area contributed by atoms with Crippen molar-refractivity contribution >= 4 is 38.8 Å². The van der Waals surface area contributed by atoms with Crippen molar-refractivity contribution < 1.29 is 4.21 Å². The molecular weight excluding hydrogens is 426 g/mol. The van der Waals surface area contributed by atoms with Gasteiger partial charge in [-0.2, -0.15) is 4.40 Å². The monoisotopic (exact) mass is 443 g/mol. The molecule has 152 valence electrons. The first-order chi connectivity index (χ1) is 15.2. The summed E-state index contributed by atoms with van der Waals surface area (Å²) in [5, 5.41) is 8.56. The van der Waals surface area contributed by atoms with Gasteiger partial charge in [-0.05, 0) is 42.8 Å². The van der Waals surface area contributed by atoms with Crippen LogP contribution in [0.3, 0.4) is 0 Å². The summed E-state index contributed by atoms with van der Waals surface area (Å²) in [7, 11) is -1.42. The number of benzene rings is 3. The van der Waals surface area contributed by atoms with Gasteiger partial charge in [0.25, 0.3) is 0 Å². The molecule has 1 unspecified atom stereocenters. The summed E-state index contributed by atoms with van der Waals surface area (Å²) in [6.07, 6.45) is 3.53. The number of hydrogen-bond acceptors (Lipinski definition) is 5. The van der Waals surface area contributed by atoms with Gasteiger partial charge in [0.2, 0.25) is 0 Å². The van der Waals surface area contributed by atoms with Gasteiger partial charge in [-0.25, -0.2) is 13.9 Å². The first-order valence-corrected chi connectivity index (χ1v) is 11.5. The first kappa shape index (κ1) is 19.5. The van der Waals surface area contributed by atoms with Crippen LogP contribution in [-0.2, 0) is 11.0 Å². The molecule has 3 aromatic carbocycles. The van der Waals surface area contributed by atoms with Gasteiger partial charge in [0, 0.05) is 11.8 Å². The van der Waals surface area contributed by atoms with E-state index in [1.165, 1.54) is 0 Å². The van der Waals surface area contributed by atoms with Gasteiger partial charge >= 0.3 is 0 Å². The van der Waals surface area contributed by atoms with Crippen LogP contribution in [0.4, 0.5) is 0 Å². The van der Waals surface area contributed by atoms with Crippen LogP contribution >= 0.6 is 11.3 Å². The molecule has 5 aromatic rings. The Balaban J connectivity index is 1.32. The molecule has 0 aliphatic carbocycles. The van der Waals surface area contributed by atoms with E-state index in [0.717, 1.165) is 38.3 Å². The predicted octanol–water partition coefficient (Wildman–Crippen LogP) is 4.99. The second-order valence-corrected chi connectivity index (χ2v) is 9.04. The third-order valence-corrected chi connectivity index (χ3v) is 6.56. The van der Waals surface area contributed by atoms with E-state index in [1.54, 1.807) is 22.2 Å². The summed E-state index contributed by atoms with van der Waals surface area (Å²) < 4.78 is 19.4. The standard InChI is InChI=1S/C23H17N5OS2/c1-16-2-9-20(10-3-16)31(29)25-13-17-4-6-18(7-5-17)22-14-28(27-26-22)19-8-11-21-23(12-19)30-15-24-21/h2-15H,1H3/b25-13+. The van der Waals surface area contributed by atoms with Gasteiger partial charge in [-0.3, -0.25) is 0 Å². The largest absolute Gasteiger partial charge is 0.245 e. The van der Waals surface area contributed by atoms with Crippen molar-refractivity contribution in [3.05, 3.63) is 89.6 Å². The Labute approximate surface area is 185 Å². The summed E-state index contributed by atoms with van der Waals surface area (Å²) in [5.41, 5.74) is 7.47. The first-order valence-electron chi connectivity index (χ1n) is 9.55. The average Bonchev–Trinajstić information content (AvgIpc) is 3.47. The van der Waals surface area contributed by atoms with Crippen LogP contribution < -0.4 is 0 Å². The van der Waals surface area contributed by atoms with Crippen LogP contribution in [0.5, 0.6) is 0 Å². The Morgan fingerprint density at radius 3 is 2.65 bits per heavy atom. The number of aromatic nitrogens is 4. The Kier molecular flexibility index (Phi) is 5.23. The van der Waals surface area contributed by atoms with Crippen LogP contribution in [0.2, 0.25) is 0 Å². The summed E-state index contributed by atoms with van der Waals surface area (Å²) >= 11 is 1.60. The van der Waals surface area contributed by atoms with E-state index < -0.39 is 11.0 Å². The smallest absolute Gasteiger partial charge is 0.172 e. The molecule has 0 aliphatic rings. The number of fused-ring (bicyclic) bond motifs is 1. The lowest BCUT2D eigenvalue weighted by Gasteiger charge is -2.00. The maximum atomic E-state index is 12.3. The molecule has 0 saturated carbocycles. The van der Waals surface area contributed by atoms with Gasteiger partial charge in [0.05, 0.1) is 32.5 Å². The molecule has 1 atom stereocenters. The minimum atomic E-state index is -1.42. The summed E-state index contributed by atoms with van der Waals surface area (Å²) in [5.74, 6) is 0. The molecular formula is C23H17N5OS2. The molecule has 0 amide bonds. The second-order valence-electron chi connectivity index (χ2n) is 6.97. The molecule has 8 heteroatoms. The van der Waals surface area contributed by atoms with E-state index >= 15 is 0 Å². The molecule has 2 heterocycles. The zero-order valence-electron chi connectivity index (χ0n) is 16.5. The third kappa shape index (κ3) is 4.21. The van der Waals surface area contributed by atoms with Gasteiger partial charge in [-0.15, -0.1) is 16.4 Å². The summed E-state index contributed by atoms with van der Waals surface area (Å²) in [6, 6.07) is 21.3. The summed E-state index contributed by atoms with van der Waals surface area (Å²) in [6.45, 7) is 2.00. The molecule has 0 spiro atoms. The minimum Gasteiger partial charge on any atom is -0.245 e. The van der Waals surface area contributed by atoms with E-state index in [-0.39, 0.29) is 0 Å². The molecule has 0 aliphatic heterocycles. The van der Waals surface area contributed by atoms with Crippen molar-refractivity contribution in [1.82, 2.24) is 20.0 Å². The van der Waals surface area contributed by atoms with E-state index in [2.05, 4.69) is 25.8 Å². The average molecular weight is 444 g/mol. The Morgan fingerprint density at radius 2 is 1.84 bits per heavy atom. The fourth-order valence-electron chi connectivity index (χ4n) is 3.07. The number of hydrogen-bond donors (Lipinski definition) is 0. The third-order valence-electron chi connectivity index (χ3n) is 4.80. The number of nitrogens with zero attached hydrogens (tertiary/aromatic N) is 5. The highest BCUT2D eigenvalue weighted by molar-refractivity contribution is 7.83. The maximum Gasteiger partial charge on any atom is 0.172 e. The normalized spacial score (nSPS) is 12.5. The number of aryl methyl sites for hydroxylation is 1. The molecule has 6 nitrogen and oxygen atoms in total. The van der Waals surface area contributed by atoms with E-state index in [9.17, 15) is 4.21 Å². The molecule has 0 saturated heterocycles. The minimum absolute atomic E-state index is 0.687. The Hall–Kier alpha value is -3.49. The van der Waals surface area contributed by atoms with Gasteiger partial charge in [-0.1, -0.05) is 47.2 Å². The lowest BCUT2D eigenvalue weighted by Crippen LogP contribution is -1.93. The lowest BCUT2D eigenvalue weighted by atomic mass is 10.1. The SMILES string of the molecule is Cc1ccc(S(=O)/N=C/c2ccc(-c3cn(-c4ccc5ncsc5c4)nn3)cc2)cc1. The fraction of sp³-hybridized carbons (Fsp3) is 0.0435. The molecule has 0 N–H and O–H groups in total. The zero-order chi connectivity index (χ0) is 21.2. The fourth-order valence-corrected chi connectivity index (χ4v) is 4.49. The topological polar surface area (TPSA) is 73.0 Å². The van der Waals surface area contributed by atoms with Crippen molar-refractivity contribution in [2.24, 2.45) is 4.40 Å². The Morgan fingerprint density at radius 1 is 1.03 bits per heavy atom. The van der Waals surface area contributed by atoms with Crippen molar-refractivity contribution in [3.63, 3.8) is 0 Å². The van der Waals surface area contributed by atoms with Gasteiger partial charge in [0.1, 0.15) is 5.69 Å².